The molecule has 7 heteroatoms. The lowest BCUT2D eigenvalue weighted by Crippen LogP contribution is -2.61. The van der Waals surface area contributed by atoms with Crippen molar-refractivity contribution in [1.29, 1.82) is 0 Å². The second-order valence-electron chi connectivity index (χ2n) is 6.05. The Morgan fingerprint density at radius 1 is 1.17 bits per heavy atom. The van der Waals surface area contributed by atoms with E-state index in [1.165, 1.54) is 0 Å². The number of aliphatic hydroxyl groups is 3. The number of carbonyl (C=O) groups is 1. The Bertz CT molecular complexity index is 572. The molecule has 0 amide bonds. The van der Waals surface area contributed by atoms with Crippen LogP contribution in [0.3, 0.4) is 0 Å². The summed E-state index contributed by atoms with van der Waals surface area (Å²) in [5.74, 6) is -0.862. The Labute approximate surface area is 134 Å². The van der Waals surface area contributed by atoms with E-state index in [2.05, 4.69) is 0 Å². The van der Waals surface area contributed by atoms with E-state index in [-0.39, 0.29) is 5.92 Å². The van der Waals surface area contributed by atoms with Crippen LogP contribution in [0, 0.1) is 6.92 Å². The van der Waals surface area contributed by atoms with E-state index < -0.39 is 36.7 Å². The molecule has 4 N–H and O–H groups in total. The third-order valence-corrected chi connectivity index (χ3v) is 3.85. The Hall–Kier alpha value is -1.67. The number of rotatable bonds is 4. The van der Waals surface area contributed by atoms with E-state index in [0.29, 0.717) is 5.75 Å². The van der Waals surface area contributed by atoms with E-state index in [9.17, 15) is 20.1 Å². The molecule has 0 unspecified atom stereocenters. The molecule has 1 saturated heterocycles. The highest BCUT2D eigenvalue weighted by Gasteiger charge is 2.48. The number of benzene rings is 1. The topological polar surface area (TPSA) is 116 Å². The summed E-state index contributed by atoms with van der Waals surface area (Å²) in [5, 5.41) is 38.6. The quantitative estimate of drug-likeness (QED) is 0.632. The first kappa shape index (κ1) is 17.7. The van der Waals surface area contributed by atoms with Crippen molar-refractivity contribution in [3.8, 4) is 5.75 Å². The van der Waals surface area contributed by atoms with Crippen LogP contribution in [0.25, 0.3) is 0 Å². The fourth-order valence-corrected chi connectivity index (χ4v) is 2.50. The lowest BCUT2D eigenvalue weighted by molar-refractivity contribution is -0.271. The Morgan fingerprint density at radius 2 is 1.83 bits per heavy atom. The minimum atomic E-state index is -1.73. The third-order valence-electron chi connectivity index (χ3n) is 3.85. The van der Waals surface area contributed by atoms with Gasteiger partial charge in [-0.15, -0.1) is 0 Å². The van der Waals surface area contributed by atoms with Crippen LogP contribution in [0.5, 0.6) is 5.75 Å². The van der Waals surface area contributed by atoms with Crippen molar-refractivity contribution in [3.63, 3.8) is 0 Å². The number of aliphatic carboxylic acids is 1. The highest BCUT2D eigenvalue weighted by Crippen LogP contribution is 2.31. The molecule has 0 bridgehead atoms. The van der Waals surface area contributed by atoms with Crippen molar-refractivity contribution in [3.05, 3.63) is 29.3 Å². The van der Waals surface area contributed by atoms with E-state index in [1.54, 1.807) is 6.07 Å². The molecule has 0 radical (unpaired) electrons. The van der Waals surface area contributed by atoms with Gasteiger partial charge in [0.1, 0.15) is 24.1 Å². The first-order chi connectivity index (χ1) is 10.7. The summed E-state index contributed by atoms with van der Waals surface area (Å²) in [6.45, 7) is 5.80. The monoisotopic (exact) mass is 326 g/mol. The molecule has 1 aromatic rings. The van der Waals surface area contributed by atoms with Gasteiger partial charge in [0.15, 0.2) is 6.10 Å². The van der Waals surface area contributed by atoms with Crippen molar-refractivity contribution < 1.29 is 34.7 Å². The van der Waals surface area contributed by atoms with Gasteiger partial charge >= 0.3 is 5.97 Å². The first-order valence-corrected chi connectivity index (χ1v) is 7.42. The Morgan fingerprint density at radius 3 is 2.39 bits per heavy atom. The molecule has 1 heterocycles. The van der Waals surface area contributed by atoms with Crippen LogP contribution in [0.1, 0.15) is 30.9 Å². The lowest BCUT2D eigenvalue weighted by atomic mass is 9.98. The molecule has 7 nitrogen and oxygen atoms in total. The fraction of sp³-hybridized carbons (Fsp3) is 0.562. The number of carboxylic acids is 1. The molecule has 0 aliphatic carbocycles. The van der Waals surface area contributed by atoms with Crippen molar-refractivity contribution in [1.82, 2.24) is 0 Å². The minimum Gasteiger partial charge on any atom is -0.479 e. The second-order valence-corrected chi connectivity index (χ2v) is 6.05. The third kappa shape index (κ3) is 3.64. The maximum Gasteiger partial charge on any atom is 0.335 e. The number of aliphatic hydroxyl groups excluding tert-OH is 3. The van der Waals surface area contributed by atoms with Crippen LogP contribution in [-0.2, 0) is 9.53 Å². The zero-order valence-electron chi connectivity index (χ0n) is 13.2. The largest absolute Gasteiger partial charge is 0.479 e. The molecule has 1 aliphatic heterocycles. The van der Waals surface area contributed by atoms with Gasteiger partial charge in [-0.3, -0.25) is 0 Å². The molecule has 0 aromatic heterocycles. The molecule has 5 atom stereocenters. The minimum absolute atomic E-state index is 0.136. The predicted octanol–water partition coefficient (Wildman–Crippen LogP) is 0.389. The standard InChI is InChI=1S/C16H22O7/c1-7(2)9-5-4-8(3)6-10(9)22-16-13(19)11(17)12(18)14(23-16)15(20)21/h4-7,11-14,16-19H,1-3H3,(H,20,21)/t11-,12+,13+,14-,16+/m1/s1. The number of hydrogen-bond acceptors (Lipinski definition) is 6. The van der Waals surface area contributed by atoms with Gasteiger partial charge < -0.3 is 29.9 Å². The lowest BCUT2D eigenvalue weighted by Gasteiger charge is -2.38. The van der Waals surface area contributed by atoms with Gasteiger partial charge in [-0.05, 0) is 30.0 Å². The van der Waals surface area contributed by atoms with Crippen molar-refractivity contribution >= 4 is 5.97 Å². The van der Waals surface area contributed by atoms with E-state index in [1.807, 2.05) is 32.9 Å². The van der Waals surface area contributed by atoms with Crippen LogP contribution < -0.4 is 4.74 Å². The van der Waals surface area contributed by atoms with Crippen molar-refractivity contribution in [2.45, 2.75) is 57.4 Å². The van der Waals surface area contributed by atoms with Crippen molar-refractivity contribution in [2.75, 3.05) is 0 Å². The SMILES string of the molecule is Cc1ccc(C(C)C)c(O[C@H]2O[C@@H](C(=O)O)[C@@H](O)[C@@H](O)[C@@H]2O)c1. The van der Waals surface area contributed by atoms with Gasteiger partial charge in [0.05, 0.1) is 0 Å². The van der Waals surface area contributed by atoms with E-state index in [0.717, 1.165) is 11.1 Å². The van der Waals surface area contributed by atoms with Crippen LogP contribution >= 0.6 is 0 Å². The van der Waals surface area contributed by atoms with Gasteiger partial charge in [-0.2, -0.15) is 0 Å². The first-order valence-electron chi connectivity index (χ1n) is 7.42. The number of hydrogen-bond donors (Lipinski definition) is 4. The van der Waals surface area contributed by atoms with Gasteiger partial charge in [0.2, 0.25) is 6.29 Å². The van der Waals surface area contributed by atoms with Gasteiger partial charge in [0, 0.05) is 0 Å². The summed E-state index contributed by atoms with van der Waals surface area (Å²) >= 11 is 0. The van der Waals surface area contributed by atoms with Gasteiger partial charge in [-0.1, -0.05) is 26.0 Å². The molecule has 128 valence electrons. The summed E-state index contributed by atoms with van der Waals surface area (Å²) in [6, 6.07) is 5.54. The smallest absolute Gasteiger partial charge is 0.335 e. The number of ether oxygens (including phenoxy) is 2. The van der Waals surface area contributed by atoms with Crippen LogP contribution in [-0.4, -0.2) is 57.1 Å². The van der Waals surface area contributed by atoms with Gasteiger partial charge in [0.25, 0.3) is 0 Å². The fourth-order valence-electron chi connectivity index (χ4n) is 2.50. The zero-order chi connectivity index (χ0) is 17.3. The number of carboxylic acid groups (broad SMARTS) is 1. The Kier molecular flexibility index (Phi) is 5.26. The normalized spacial score (nSPS) is 31.2. The Balaban J connectivity index is 2.28. The maximum atomic E-state index is 11.1. The molecule has 0 spiro atoms. The van der Waals surface area contributed by atoms with Crippen LogP contribution in [0.2, 0.25) is 0 Å². The average Bonchev–Trinajstić information content (AvgIpc) is 2.47. The summed E-state index contributed by atoms with van der Waals surface area (Å²) in [6.07, 6.45) is -8.05. The summed E-state index contributed by atoms with van der Waals surface area (Å²) in [4.78, 5) is 11.1. The van der Waals surface area contributed by atoms with Crippen molar-refractivity contribution in [2.24, 2.45) is 0 Å². The van der Waals surface area contributed by atoms with Gasteiger partial charge in [-0.25, -0.2) is 4.79 Å². The molecule has 0 saturated carbocycles. The summed E-state index contributed by atoms with van der Waals surface area (Å²) in [7, 11) is 0. The summed E-state index contributed by atoms with van der Waals surface area (Å²) in [5.41, 5.74) is 1.78. The second kappa shape index (κ2) is 6.84. The highest BCUT2D eigenvalue weighted by molar-refractivity contribution is 5.73. The highest BCUT2D eigenvalue weighted by atomic mass is 16.7. The zero-order valence-corrected chi connectivity index (χ0v) is 13.2. The van der Waals surface area contributed by atoms with Crippen LogP contribution in [0.15, 0.2) is 18.2 Å². The molecule has 2 rings (SSSR count). The molecular weight excluding hydrogens is 304 g/mol. The molecule has 1 fully saturated rings. The van der Waals surface area contributed by atoms with E-state index in [4.69, 9.17) is 14.6 Å². The molecular formula is C16H22O7. The molecule has 1 aromatic carbocycles. The summed E-state index contributed by atoms with van der Waals surface area (Å²) < 4.78 is 10.8. The molecule has 1 aliphatic rings. The predicted molar refractivity (Wildman–Crippen MR) is 80.2 cm³/mol. The maximum absolute atomic E-state index is 11.1. The molecule has 23 heavy (non-hydrogen) atoms. The van der Waals surface area contributed by atoms with Crippen LogP contribution in [0.4, 0.5) is 0 Å². The van der Waals surface area contributed by atoms with E-state index >= 15 is 0 Å². The number of aryl methyl sites for hydroxylation is 1. The average molecular weight is 326 g/mol.